The lowest BCUT2D eigenvalue weighted by Gasteiger charge is -2.11. The highest BCUT2D eigenvalue weighted by Crippen LogP contribution is 2.34. The predicted molar refractivity (Wildman–Crippen MR) is 115 cm³/mol. The third kappa shape index (κ3) is 3.74. The van der Waals surface area contributed by atoms with Crippen LogP contribution < -0.4 is 19.6 Å². The standard InChI is InChI=1S/C21H17N3O5S/c1-26-16-10-18(28-3)17(27-2)8-12(16)11-22-21-24-23-20(30-21)19-9-14(25)13-6-4-5-7-15(13)29-19/h4-11H,1-3H3/b22-11+. The summed E-state index contributed by atoms with van der Waals surface area (Å²) in [5.74, 6) is 2.02. The van der Waals surface area contributed by atoms with Gasteiger partial charge in [0.15, 0.2) is 27.7 Å². The van der Waals surface area contributed by atoms with Crippen molar-refractivity contribution in [1.82, 2.24) is 10.2 Å². The molecule has 8 nitrogen and oxygen atoms in total. The van der Waals surface area contributed by atoms with Crippen LogP contribution in [0.1, 0.15) is 5.56 Å². The van der Waals surface area contributed by atoms with Gasteiger partial charge in [0, 0.05) is 23.9 Å². The Morgan fingerprint density at radius 2 is 1.70 bits per heavy atom. The van der Waals surface area contributed by atoms with Crippen LogP contribution in [-0.2, 0) is 0 Å². The number of hydrogen-bond acceptors (Lipinski definition) is 9. The van der Waals surface area contributed by atoms with Gasteiger partial charge in [-0.1, -0.05) is 23.5 Å². The summed E-state index contributed by atoms with van der Waals surface area (Å²) in [5.41, 5.74) is 1.04. The number of hydrogen-bond donors (Lipinski definition) is 0. The minimum absolute atomic E-state index is 0.137. The number of nitrogens with zero attached hydrogens (tertiary/aromatic N) is 3. The molecule has 4 rings (SSSR count). The Kier molecular flexibility index (Phi) is 5.44. The van der Waals surface area contributed by atoms with E-state index in [0.29, 0.717) is 49.7 Å². The minimum atomic E-state index is -0.137. The van der Waals surface area contributed by atoms with Crippen molar-refractivity contribution in [3.05, 3.63) is 58.3 Å². The Balaban J connectivity index is 1.66. The van der Waals surface area contributed by atoms with E-state index < -0.39 is 0 Å². The topological polar surface area (TPSA) is 96.0 Å². The Labute approximate surface area is 175 Å². The van der Waals surface area contributed by atoms with Crippen molar-refractivity contribution in [2.24, 2.45) is 4.99 Å². The Bertz CT molecular complexity index is 1300. The van der Waals surface area contributed by atoms with Crippen LogP contribution >= 0.6 is 11.3 Å². The third-order valence-electron chi connectivity index (χ3n) is 4.31. The number of methoxy groups -OCH3 is 3. The molecule has 2 aromatic heterocycles. The van der Waals surface area contributed by atoms with Gasteiger partial charge in [-0.15, -0.1) is 10.2 Å². The van der Waals surface area contributed by atoms with Crippen LogP contribution in [0.15, 0.2) is 56.7 Å². The molecule has 0 fully saturated rings. The molecule has 0 aliphatic carbocycles. The average molecular weight is 423 g/mol. The molecule has 0 aliphatic heterocycles. The van der Waals surface area contributed by atoms with E-state index in [4.69, 9.17) is 18.6 Å². The smallest absolute Gasteiger partial charge is 0.232 e. The lowest BCUT2D eigenvalue weighted by atomic mass is 10.2. The number of aromatic nitrogens is 2. The lowest BCUT2D eigenvalue weighted by Crippen LogP contribution is -1.99. The quantitative estimate of drug-likeness (QED) is 0.431. The SMILES string of the molecule is COc1cc(OC)c(OC)cc1/C=N/c1nnc(-c2cc(=O)c3ccccc3o2)s1. The van der Waals surface area contributed by atoms with Gasteiger partial charge >= 0.3 is 0 Å². The summed E-state index contributed by atoms with van der Waals surface area (Å²) in [6, 6.07) is 11.9. The van der Waals surface area contributed by atoms with E-state index in [1.165, 1.54) is 17.4 Å². The molecule has 0 unspecified atom stereocenters. The van der Waals surface area contributed by atoms with Gasteiger partial charge in [0.25, 0.3) is 0 Å². The van der Waals surface area contributed by atoms with Gasteiger partial charge in [0.05, 0.1) is 26.7 Å². The summed E-state index contributed by atoms with van der Waals surface area (Å²) in [6.07, 6.45) is 1.60. The normalized spacial score (nSPS) is 11.2. The second-order valence-corrected chi connectivity index (χ2v) is 7.02. The van der Waals surface area contributed by atoms with Crippen LogP contribution in [0.2, 0.25) is 0 Å². The first-order chi connectivity index (χ1) is 14.6. The molecule has 0 saturated carbocycles. The van der Waals surface area contributed by atoms with E-state index in [1.807, 2.05) is 0 Å². The molecule has 152 valence electrons. The molecule has 2 aromatic carbocycles. The molecule has 2 heterocycles. The second kappa shape index (κ2) is 8.34. The summed E-state index contributed by atoms with van der Waals surface area (Å²) in [7, 11) is 4.67. The predicted octanol–water partition coefficient (Wildman–Crippen LogP) is 4.09. The summed E-state index contributed by atoms with van der Waals surface area (Å²) in [5, 5.41) is 9.54. The zero-order chi connectivity index (χ0) is 21.1. The van der Waals surface area contributed by atoms with Gasteiger partial charge in [0.2, 0.25) is 5.13 Å². The van der Waals surface area contributed by atoms with Gasteiger partial charge in [0.1, 0.15) is 11.3 Å². The molecule has 0 radical (unpaired) electrons. The van der Waals surface area contributed by atoms with Crippen LogP contribution in [0.5, 0.6) is 17.2 Å². The first kappa shape index (κ1) is 19.6. The maximum Gasteiger partial charge on any atom is 0.232 e. The molecule has 0 amide bonds. The Morgan fingerprint density at radius 3 is 2.47 bits per heavy atom. The summed E-state index contributed by atoms with van der Waals surface area (Å²) < 4.78 is 21.8. The highest BCUT2D eigenvalue weighted by molar-refractivity contribution is 7.18. The zero-order valence-corrected chi connectivity index (χ0v) is 17.2. The van der Waals surface area contributed by atoms with Crippen molar-refractivity contribution in [2.45, 2.75) is 0 Å². The van der Waals surface area contributed by atoms with E-state index in [9.17, 15) is 4.79 Å². The van der Waals surface area contributed by atoms with E-state index in [1.54, 1.807) is 63.9 Å². The minimum Gasteiger partial charge on any atom is -0.496 e. The molecule has 0 bridgehead atoms. The number of rotatable bonds is 6. The number of ether oxygens (including phenoxy) is 3. The number of aliphatic imine (C=N–C) groups is 1. The molecule has 0 spiro atoms. The fraction of sp³-hybridized carbons (Fsp3) is 0.143. The first-order valence-electron chi connectivity index (χ1n) is 8.83. The maximum atomic E-state index is 12.3. The van der Waals surface area contributed by atoms with Gasteiger partial charge in [-0.3, -0.25) is 4.79 Å². The molecule has 30 heavy (non-hydrogen) atoms. The van der Waals surface area contributed by atoms with E-state index >= 15 is 0 Å². The largest absolute Gasteiger partial charge is 0.496 e. The van der Waals surface area contributed by atoms with Crippen molar-refractivity contribution in [3.8, 4) is 28.0 Å². The molecule has 0 aliphatic rings. The van der Waals surface area contributed by atoms with Crippen LogP contribution in [0.4, 0.5) is 5.13 Å². The maximum absolute atomic E-state index is 12.3. The first-order valence-corrected chi connectivity index (χ1v) is 9.65. The van der Waals surface area contributed by atoms with E-state index in [0.717, 1.165) is 0 Å². The number of benzene rings is 2. The average Bonchev–Trinajstić information content (AvgIpc) is 3.26. The molecule has 0 N–H and O–H groups in total. The van der Waals surface area contributed by atoms with Gasteiger partial charge in [-0.05, 0) is 18.2 Å². The van der Waals surface area contributed by atoms with Gasteiger partial charge < -0.3 is 18.6 Å². The van der Waals surface area contributed by atoms with Gasteiger partial charge in [-0.2, -0.15) is 0 Å². The Morgan fingerprint density at radius 1 is 0.967 bits per heavy atom. The fourth-order valence-corrected chi connectivity index (χ4v) is 3.50. The molecule has 4 aromatic rings. The highest BCUT2D eigenvalue weighted by atomic mass is 32.1. The van der Waals surface area contributed by atoms with Crippen LogP contribution in [0.25, 0.3) is 21.7 Å². The van der Waals surface area contributed by atoms with Crippen LogP contribution in [-0.4, -0.2) is 37.7 Å². The summed E-state index contributed by atoms with van der Waals surface area (Å²) in [4.78, 5) is 16.7. The Hall–Kier alpha value is -3.72. The third-order valence-corrected chi connectivity index (χ3v) is 5.16. The monoisotopic (exact) mass is 423 g/mol. The number of para-hydroxylation sites is 1. The van der Waals surface area contributed by atoms with Crippen molar-refractivity contribution in [3.63, 3.8) is 0 Å². The second-order valence-electron chi connectivity index (χ2n) is 6.07. The van der Waals surface area contributed by atoms with Gasteiger partial charge in [-0.25, -0.2) is 4.99 Å². The summed E-state index contributed by atoms with van der Waals surface area (Å²) >= 11 is 1.20. The highest BCUT2D eigenvalue weighted by Gasteiger charge is 2.13. The molecular formula is C21H17N3O5S. The van der Waals surface area contributed by atoms with E-state index in [2.05, 4.69) is 15.2 Å². The number of fused-ring (bicyclic) bond motifs is 1. The van der Waals surface area contributed by atoms with Crippen LogP contribution in [0.3, 0.4) is 0 Å². The van der Waals surface area contributed by atoms with Crippen molar-refractivity contribution < 1.29 is 18.6 Å². The van der Waals surface area contributed by atoms with Crippen LogP contribution in [0, 0.1) is 0 Å². The lowest BCUT2D eigenvalue weighted by molar-refractivity contribution is 0.349. The van der Waals surface area contributed by atoms with E-state index in [-0.39, 0.29) is 5.43 Å². The molecule has 0 saturated heterocycles. The van der Waals surface area contributed by atoms with Crippen molar-refractivity contribution in [1.29, 1.82) is 0 Å². The summed E-state index contributed by atoms with van der Waals surface area (Å²) in [6.45, 7) is 0. The van der Waals surface area contributed by atoms with Crippen molar-refractivity contribution >= 4 is 33.7 Å². The molecule has 9 heteroatoms. The fourth-order valence-electron chi connectivity index (χ4n) is 2.86. The zero-order valence-electron chi connectivity index (χ0n) is 16.4. The van der Waals surface area contributed by atoms with Crippen molar-refractivity contribution in [2.75, 3.05) is 21.3 Å². The molecule has 0 atom stereocenters. The molecular weight excluding hydrogens is 406 g/mol.